The predicted octanol–water partition coefficient (Wildman–Crippen LogP) is 4.31. The van der Waals surface area contributed by atoms with Crippen LogP contribution in [0.3, 0.4) is 0 Å². The number of methoxy groups -OCH3 is 1. The molecule has 0 bridgehead atoms. The Bertz CT molecular complexity index is 914. The van der Waals surface area contributed by atoms with Crippen LogP contribution in [0, 0.1) is 6.92 Å². The van der Waals surface area contributed by atoms with Crippen molar-refractivity contribution in [3.8, 4) is 17.2 Å². The summed E-state index contributed by atoms with van der Waals surface area (Å²) in [6, 6.07) is 8.68. The van der Waals surface area contributed by atoms with Gasteiger partial charge in [0.05, 0.1) is 12.7 Å². The minimum atomic E-state index is -0.429. The lowest BCUT2D eigenvalue weighted by Gasteiger charge is -2.08. The van der Waals surface area contributed by atoms with Gasteiger partial charge in [-0.2, -0.15) is 0 Å². The minimum Gasteiger partial charge on any atom is -0.496 e. The van der Waals surface area contributed by atoms with Crippen LogP contribution in [0.15, 0.2) is 40.6 Å². The number of ether oxygens (including phenoxy) is 3. The highest BCUT2D eigenvalue weighted by atomic mass is 79.9. The second kappa shape index (κ2) is 6.72. The number of benzene rings is 2. The maximum atomic E-state index is 12.6. The van der Waals surface area contributed by atoms with Gasteiger partial charge in [-0.15, -0.1) is 0 Å². The molecule has 0 fully saturated rings. The summed E-state index contributed by atoms with van der Waals surface area (Å²) in [6.45, 7) is 3.07. The molecular weight excluding hydrogens is 388 g/mol. The molecule has 1 aliphatic heterocycles. The fraction of sp³-hybridized carbons (Fsp3) is 0.158. The smallest absolute Gasteiger partial charge is 0.308 e. The van der Waals surface area contributed by atoms with Crippen LogP contribution in [-0.4, -0.2) is 18.9 Å². The van der Waals surface area contributed by atoms with Gasteiger partial charge in [-0.3, -0.25) is 9.59 Å². The highest BCUT2D eigenvalue weighted by Gasteiger charge is 2.30. The summed E-state index contributed by atoms with van der Waals surface area (Å²) in [4.78, 5) is 23.8. The van der Waals surface area contributed by atoms with E-state index in [9.17, 15) is 9.59 Å². The molecule has 2 aromatic carbocycles. The number of fused-ring (bicyclic) bond motifs is 1. The second-order valence-corrected chi connectivity index (χ2v) is 6.40. The van der Waals surface area contributed by atoms with E-state index < -0.39 is 5.97 Å². The van der Waals surface area contributed by atoms with E-state index in [1.54, 1.807) is 38.3 Å². The number of carbonyl (C=O) groups is 2. The quantitative estimate of drug-likeness (QED) is 0.434. The Balaban J connectivity index is 2.02. The summed E-state index contributed by atoms with van der Waals surface area (Å²) in [5.41, 5.74) is 1.75. The number of ketones is 1. The van der Waals surface area contributed by atoms with Gasteiger partial charge in [0.1, 0.15) is 17.2 Å². The number of Topliss-reactive ketones (excluding diaryl/α,β-unsaturated/α-hetero) is 1. The number of esters is 1. The fourth-order valence-electron chi connectivity index (χ4n) is 2.59. The zero-order valence-corrected chi connectivity index (χ0v) is 15.5. The van der Waals surface area contributed by atoms with Crippen LogP contribution >= 0.6 is 15.9 Å². The lowest BCUT2D eigenvalue weighted by molar-refractivity contribution is -0.131. The zero-order chi connectivity index (χ0) is 18.1. The van der Waals surface area contributed by atoms with Crippen molar-refractivity contribution < 1.29 is 23.8 Å². The molecule has 128 valence electrons. The summed E-state index contributed by atoms with van der Waals surface area (Å²) >= 11 is 3.40. The van der Waals surface area contributed by atoms with E-state index in [2.05, 4.69) is 15.9 Å². The zero-order valence-electron chi connectivity index (χ0n) is 13.9. The highest BCUT2D eigenvalue weighted by Crippen LogP contribution is 2.40. The summed E-state index contributed by atoms with van der Waals surface area (Å²) in [5, 5.41) is 0. The van der Waals surface area contributed by atoms with Crippen LogP contribution in [0.2, 0.25) is 0 Å². The van der Waals surface area contributed by atoms with Gasteiger partial charge in [-0.1, -0.05) is 15.9 Å². The Morgan fingerprint density at radius 3 is 2.60 bits per heavy atom. The van der Waals surface area contributed by atoms with Crippen molar-refractivity contribution in [2.45, 2.75) is 13.8 Å². The normalized spacial score (nSPS) is 14.2. The first kappa shape index (κ1) is 17.2. The average Bonchev–Trinajstić information content (AvgIpc) is 2.87. The van der Waals surface area contributed by atoms with Gasteiger partial charge in [0.15, 0.2) is 5.76 Å². The number of hydrogen-bond acceptors (Lipinski definition) is 5. The van der Waals surface area contributed by atoms with Gasteiger partial charge >= 0.3 is 5.97 Å². The Hall–Kier alpha value is -2.60. The first-order valence-electron chi connectivity index (χ1n) is 7.50. The minimum absolute atomic E-state index is 0.189. The van der Waals surface area contributed by atoms with Crippen LogP contribution in [0.25, 0.3) is 6.08 Å². The van der Waals surface area contributed by atoms with E-state index in [4.69, 9.17) is 14.2 Å². The molecule has 0 saturated heterocycles. The van der Waals surface area contributed by atoms with Crippen LogP contribution in [0.5, 0.6) is 17.2 Å². The van der Waals surface area contributed by atoms with Crippen LogP contribution in [0.1, 0.15) is 28.4 Å². The molecule has 6 heteroatoms. The number of halogens is 1. The topological polar surface area (TPSA) is 61.8 Å². The van der Waals surface area contributed by atoms with Crippen LogP contribution < -0.4 is 14.2 Å². The largest absolute Gasteiger partial charge is 0.496 e. The maximum absolute atomic E-state index is 12.6. The van der Waals surface area contributed by atoms with E-state index in [1.807, 2.05) is 12.1 Å². The van der Waals surface area contributed by atoms with Gasteiger partial charge in [0, 0.05) is 22.5 Å². The number of carbonyl (C=O) groups excluding carboxylic acids is 2. The van der Waals surface area contributed by atoms with Gasteiger partial charge in [-0.05, 0) is 43.3 Å². The molecule has 0 aliphatic carbocycles. The van der Waals surface area contributed by atoms with Gasteiger partial charge in [-0.25, -0.2) is 0 Å². The monoisotopic (exact) mass is 402 g/mol. The Morgan fingerprint density at radius 2 is 1.92 bits per heavy atom. The number of hydrogen-bond donors (Lipinski definition) is 0. The van der Waals surface area contributed by atoms with Crippen molar-refractivity contribution in [2.75, 3.05) is 7.11 Å². The van der Waals surface area contributed by atoms with E-state index in [-0.39, 0.29) is 11.5 Å². The molecule has 1 heterocycles. The first-order valence-corrected chi connectivity index (χ1v) is 8.30. The molecule has 5 nitrogen and oxygen atoms in total. The van der Waals surface area contributed by atoms with Gasteiger partial charge in [0.25, 0.3) is 0 Å². The van der Waals surface area contributed by atoms with Crippen molar-refractivity contribution in [2.24, 2.45) is 0 Å². The van der Waals surface area contributed by atoms with Gasteiger partial charge in [0.2, 0.25) is 5.78 Å². The maximum Gasteiger partial charge on any atom is 0.308 e. The Morgan fingerprint density at radius 1 is 1.20 bits per heavy atom. The summed E-state index contributed by atoms with van der Waals surface area (Å²) in [5.74, 6) is 0.940. The second-order valence-electron chi connectivity index (χ2n) is 5.49. The lowest BCUT2D eigenvalue weighted by Crippen LogP contribution is -2.03. The van der Waals surface area contributed by atoms with E-state index in [0.717, 1.165) is 4.47 Å². The Labute approximate surface area is 153 Å². The Kier molecular flexibility index (Phi) is 4.63. The molecule has 0 unspecified atom stereocenters. The van der Waals surface area contributed by atoms with Crippen LogP contribution in [-0.2, 0) is 4.79 Å². The molecule has 3 rings (SSSR count). The SMILES string of the molecule is COc1ccc(Br)cc1/C=C1\Oc2c(ccc(OC(C)=O)c2C)C1=O. The molecule has 0 atom stereocenters. The number of allylic oxidation sites excluding steroid dienone is 1. The summed E-state index contributed by atoms with van der Waals surface area (Å²) in [6.07, 6.45) is 1.64. The van der Waals surface area contributed by atoms with Crippen molar-refractivity contribution in [3.05, 3.63) is 57.3 Å². The third-order valence-electron chi connectivity index (χ3n) is 3.77. The molecule has 0 aromatic heterocycles. The standard InChI is InChI=1S/C19H15BrO5/c1-10-15(24-11(2)21)7-5-14-18(22)17(25-19(10)14)9-12-8-13(20)4-6-16(12)23-3/h4-9H,1-3H3/b17-9-. The molecule has 25 heavy (non-hydrogen) atoms. The fourth-order valence-corrected chi connectivity index (χ4v) is 2.97. The van der Waals surface area contributed by atoms with Crippen molar-refractivity contribution in [1.82, 2.24) is 0 Å². The molecule has 0 amide bonds. The molecule has 1 aliphatic rings. The predicted molar refractivity (Wildman–Crippen MR) is 96.1 cm³/mol. The third kappa shape index (κ3) is 3.30. The van der Waals surface area contributed by atoms with E-state index in [1.165, 1.54) is 6.92 Å². The van der Waals surface area contributed by atoms with E-state index in [0.29, 0.717) is 33.9 Å². The molecule has 0 radical (unpaired) electrons. The molecule has 0 spiro atoms. The van der Waals surface area contributed by atoms with E-state index >= 15 is 0 Å². The van der Waals surface area contributed by atoms with Crippen molar-refractivity contribution in [3.63, 3.8) is 0 Å². The number of rotatable bonds is 3. The highest BCUT2D eigenvalue weighted by molar-refractivity contribution is 9.10. The summed E-state index contributed by atoms with van der Waals surface area (Å²) < 4.78 is 17.1. The molecule has 0 saturated carbocycles. The van der Waals surface area contributed by atoms with Crippen molar-refractivity contribution in [1.29, 1.82) is 0 Å². The average molecular weight is 403 g/mol. The van der Waals surface area contributed by atoms with Crippen LogP contribution in [0.4, 0.5) is 0 Å². The first-order chi connectivity index (χ1) is 11.9. The van der Waals surface area contributed by atoms with Gasteiger partial charge < -0.3 is 14.2 Å². The third-order valence-corrected chi connectivity index (χ3v) is 4.26. The molecule has 0 N–H and O–H groups in total. The molecular formula is C19H15BrO5. The molecule has 2 aromatic rings. The lowest BCUT2D eigenvalue weighted by atomic mass is 10.1. The summed E-state index contributed by atoms with van der Waals surface area (Å²) in [7, 11) is 1.56. The van der Waals surface area contributed by atoms with Crippen molar-refractivity contribution >= 4 is 33.8 Å².